The normalized spacial score (nSPS) is 39.3. The Morgan fingerprint density at radius 2 is 0.425 bits per heavy atom. The minimum absolute atomic E-state index is 0. The zero-order valence-corrected chi connectivity index (χ0v) is 78.8. The number of thiol groups is 7. The fraction of sp³-hybridized carbons (Fsp3) is 0.906. The van der Waals surface area contributed by atoms with E-state index in [0.29, 0.717) is 0 Å². The van der Waals surface area contributed by atoms with Crippen LogP contribution in [-0.2, 0) is 95.1 Å². The number of hydrogen-bond acceptors (Lipinski definition) is 50. The molecule has 43 atom stereocenters. The molecule has 0 saturated carbocycles. The average molecular weight is 2120 g/mol. The van der Waals surface area contributed by atoms with Gasteiger partial charge in [-0.05, 0) is 0 Å². The van der Waals surface area contributed by atoms with Crippen molar-refractivity contribution in [3.8, 4) is 0 Å². The quantitative estimate of drug-likeness (QED) is 0.0235. The van der Waals surface area contributed by atoms with Gasteiger partial charge < -0.3 is 215 Å². The second-order valence-electron chi connectivity index (χ2n) is 29.7. The summed E-state index contributed by atoms with van der Waals surface area (Å²) >= 11 is 28.7. The van der Waals surface area contributed by atoms with Crippen LogP contribution in [0.3, 0.4) is 0 Å². The predicted molar refractivity (Wildman–Crippen MR) is 479 cm³/mol. The summed E-state index contributed by atoms with van der Waals surface area (Å²) in [5.41, 5.74) is 42.1. The van der Waals surface area contributed by atoms with Gasteiger partial charge in [0.25, 0.3) is 0 Å². The average Bonchev–Trinajstić information content (AvgIpc) is 0.852. The summed E-state index contributed by atoms with van der Waals surface area (Å²) in [6.07, 6.45) is -78.6. The van der Waals surface area contributed by atoms with E-state index in [4.69, 9.17) is 106 Å². The molecule has 750 valence electrons. The van der Waals surface area contributed by atoms with Gasteiger partial charge in [0.05, 0.1) is 36.3 Å². The van der Waals surface area contributed by atoms with Crippen LogP contribution in [0.4, 0.5) is 0 Å². The van der Waals surface area contributed by atoms with Crippen molar-refractivity contribution < 1.29 is 172 Å². The highest BCUT2D eigenvalue weighted by atomic mass is 35.5. The van der Waals surface area contributed by atoms with Crippen LogP contribution >= 0.6 is 175 Å². The van der Waals surface area contributed by atoms with E-state index in [1.807, 2.05) is 0 Å². The van der Waals surface area contributed by atoms with Gasteiger partial charge in [-0.15, -0.1) is 86.8 Å². The van der Waals surface area contributed by atoms with Crippen LogP contribution in [0.5, 0.6) is 0 Å². The number of aliphatic hydroxyl groups is 15. The Hall–Kier alpha value is -0.180. The van der Waals surface area contributed by atoms with Gasteiger partial charge in [0.15, 0.2) is 44.0 Å². The lowest BCUT2D eigenvalue weighted by Gasteiger charge is -2.50. The van der Waals surface area contributed by atoms with Gasteiger partial charge in [-0.25, -0.2) is 0 Å². The van der Waals surface area contributed by atoms with E-state index < -0.39 is 345 Å². The first kappa shape index (κ1) is 125. The maximum absolute atomic E-state index is 13.5. The fourth-order valence-electron chi connectivity index (χ4n) is 13.7. The van der Waals surface area contributed by atoms with E-state index in [1.54, 1.807) is 0 Å². The highest BCUT2D eigenvalue weighted by molar-refractivity contribution is 7.81. The van der Waals surface area contributed by atoms with Crippen LogP contribution < -0.4 is 77.4 Å². The van der Waals surface area contributed by atoms with Crippen molar-refractivity contribution in [2.24, 2.45) is 40.1 Å². The Bertz CT molecular complexity index is 3280. The summed E-state index contributed by atoms with van der Waals surface area (Å²) in [4.78, 5) is 80.5. The summed E-state index contributed by atoms with van der Waals surface area (Å²) in [6, 6.07) is -8.59. The number of amides is 6. The van der Waals surface area contributed by atoms with Crippen molar-refractivity contribution in [3.05, 3.63) is 0 Å². The molecule has 21 heterocycles. The van der Waals surface area contributed by atoms with E-state index in [2.05, 4.69) is 126 Å². The first-order chi connectivity index (χ1) is 56.8. The first-order valence-corrected chi connectivity index (χ1v) is 42.5. The number of halogens is 7. The van der Waals surface area contributed by atoms with E-state index >= 15 is 0 Å². The predicted octanol–water partition coefficient (Wildman–Crippen LogP) is -16.4. The Morgan fingerprint density at radius 1 is 0.252 bits per heavy atom. The third kappa shape index (κ3) is 32.2. The molecule has 127 heavy (non-hydrogen) atoms. The van der Waals surface area contributed by atoms with Crippen molar-refractivity contribution >= 4 is 211 Å². The van der Waals surface area contributed by atoms with E-state index in [-0.39, 0.29) is 134 Å². The van der Waals surface area contributed by atoms with Crippen molar-refractivity contribution in [1.29, 1.82) is 0 Å². The molecular formula is C64H123Cl7N14O35S7. The second-order valence-corrected chi connectivity index (χ2v) is 32.3. The molecule has 0 spiro atoms. The summed E-state index contributed by atoms with van der Waals surface area (Å²) in [5.74, 6) is -6.68. The maximum atomic E-state index is 13.5. The van der Waals surface area contributed by atoms with Gasteiger partial charge in [0.2, 0.25) is 35.4 Å². The molecule has 21 aliphatic heterocycles. The molecule has 6 amide bonds. The zero-order valence-electron chi connectivity index (χ0n) is 66.8. The van der Waals surface area contributed by atoms with Crippen LogP contribution in [0, 0.1) is 0 Å². The molecule has 49 nitrogen and oxygen atoms in total. The smallest absolute Gasteiger partial charge is 0.237 e. The third-order valence-electron chi connectivity index (χ3n) is 20.9. The Labute approximate surface area is 810 Å². The standard InChI is InChI=1S/C64H116N14O35S7.7ClH/c65-16(9-114)1-30(79)72-2-23-45-31(80)38(87)58(100-23)108-46-24(3-73-52(94)17(66)10-115)102-60(40(89)33(46)82)110-48-26(5-75-54(96)19(68)12-117)104-62(42(91)35(48)84)112-50-28(7-77-56(98)21(70)14-119)106-64(44(93)37(50)86)113-51-29(8-78-57(99)22(71)15-120)105-63(43(92)36(51)85)111-49-27(6-76-55(97)20(69)13-118)103-61(41(90)34(49)83)109-47-25(4-74-53(95)18(67)11-116)101-59(107-45)39(88)32(47)81;;;;;;;/h16-29,31-51,53,58-64,74,80-93,95,114-120H,1-15,65-71H2,(H,72,79)(H,73,94)(H,75,96)(H,76,97)(H,77,98)(H,78,99);7*1H/t16-,17+,18+,19+,20+,21+,22+,23-,24-,25-,26-,27-,28-,29-,31-,32-,33-,34-,35-,36-,37-,38-,39-,40-,41-,42-,43-,44-,45-,46-,47-,48-,49-,50-,51-,53?,58-,59-,60-,61-,62-,63-,64-;;;;;;;/m1......./s1. The largest absolute Gasteiger partial charge is 0.387 e. The van der Waals surface area contributed by atoms with Crippen LogP contribution in [0.1, 0.15) is 6.42 Å². The summed E-state index contributed by atoms with van der Waals surface area (Å²) in [7, 11) is 0. The van der Waals surface area contributed by atoms with E-state index in [9.17, 15) is 105 Å². The van der Waals surface area contributed by atoms with Gasteiger partial charge >= 0.3 is 0 Å². The number of carbonyl (C=O) groups is 6. The molecule has 0 aliphatic carbocycles. The Kier molecular flexibility index (Phi) is 57.6. The minimum atomic E-state index is -2.42. The molecule has 0 aromatic carbocycles. The second kappa shape index (κ2) is 58.7. The molecule has 0 aromatic heterocycles. The summed E-state index contributed by atoms with van der Waals surface area (Å²) < 4.78 is 87.0. The molecule has 21 rings (SSSR count). The monoisotopic (exact) mass is 2120 g/mol. The van der Waals surface area contributed by atoms with Gasteiger partial charge in [0, 0.05) is 98.5 Å². The van der Waals surface area contributed by atoms with E-state index in [0.717, 1.165) is 0 Å². The maximum Gasteiger partial charge on any atom is 0.237 e. The van der Waals surface area contributed by atoms with Crippen LogP contribution in [0.25, 0.3) is 0 Å². The number of ether oxygens (including phenoxy) is 14. The number of carbonyl (C=O) groups excluding carboxylic acids is 6. The third-order valence-corrected chi connectivity index (χ3v) is 23.8. The van der Waals surface area contributed by atoms with Gasteiger partial charge in [-0.1, -0.05) is 0 Å². The number of nitrogens with one attached hydrogen (secondary N) is 7. The number of aliphatic hydroxyl groups excluding tert-OH is 15. The molecule has 21 saturated heterocycles. The topological polar surface area (TPSA) is 801 Å². The molecule has 63 heteroatoms. The Balaban J connectivity index is 0.0000115. The zero-order chi connectivity index (χ0) is 88.7. The number of hydrogen-bond donors (Lipinski definition) is 36. The summed E-state index contributed by atoms with van der Waals surface area (Å²) in [5, 5.41) is 200. The molecule has 0 aromatic rings. The summed E-state index contributed by atoms with van der Waals surface area (Å²) in [6.45, 7) is -5.34. The van der Waals surface area contributed by atoms with Crippen LogP contribution in [0.2, 0.25) is 0 Å². The van der Waals surface area contributed by atoms with Crippen molar-refractivity contribution in [3.63, 3.8) is 0 Å². The minimum Gasteiger partial charge on any atom is -0.387 e. The van der Waals surface area contributed by atoms with Crippen molar-refractivity contribution in [1.82, 2.24) is 37.2 Å². The lowest BCUT2D eigenvalue weighted by molar-refractivity contribution is -0.392. The van der Waals surface area contributed by atoms with Crippen LogP contribution in [0.15, 0.2) is 0 Å². The fourth-order valence-corrected chi connectivity index (χ4v) is 14.8. The van der Waals surface area contributed by atoms with Gasteiger partial charge in [0.1, 0.15) is 177 Å². The first-order valence-electron chi connectivity index (χ1n) is 38.1. The molecule has 1 unspecified atom stereocenters. The van der Waals surface area contributed by atoms with Gasteiger partial charge in [-0.3, -0.25) is 34.1 Å². The molecule has 21 fully saturated rings. The molecule has 21 aliphatic rings. The molecule has 36 N–H and O–H groups in total. The molecular weight excluding hydrogens is 2000 g/mol. The van der Waals surface area contributed by atoms with Crippen LogP contribution in [-0.4, -0.2) is 462 Å². The number of rotatable bonds is 30. The van der Waals surface area contributed by atoms with Crippen molar-refractivity contribution in [2.45, 2.75) is 270 Å². The number of nitrogens with two attached hydrogens (primary N) is 7. The SMILES string of the molecule is Cl.Cl.Cl.Cl.Cl.Cl.Cl.N[C@@H](CS)CC(=O)NC[C@H]1O[C@@H]2O[C@H]3[C@H](O)[C@@H](O)[C@@H](O[C@H]4[C@H](O)[C@@H](O)[C@@H](O[C@H]5[C@H](O)[C@@H](O)[C@@H](O[C@H]6[C@H](O)[C@@H](O)[C@@H](O[C@H]7[C@H](O)[C@@H](O)[C@@H](O[C@H]8[C@H](O)[C@@H](O)[C@@H](O[C@H]1[C@H](O)[C@H]2O)O[C@@H]8CNC(O)[C@@H](N)CS)O[C@@H]7CNC(=O)[C@@H](N)CS)O[C@@H]6CNC(=O)[C@@H](N)CS)O[C@@H]5CNC(=O)[C@@H](N)CS)O[C@@H]4CNC(=O)[C@@H](N)CS)O[C@@H]3CNC(=O)[C@@H](N)CS. The molecule has 0 radical (unpaired) electrons. The van der Waals surface area contributed by atoms with Crippen molar-refractivity contribution in [2.75, 3.05) is 86.1 Å². The lowest BCUT2D eigenvalue weighted by atomic mass is 9.94. The molecule has 14 bridgehead atoms. The highest BCUT2D eigenvalue weighted by Gasteiger charge is 2.60. The lowest BCUT2D eigenvalue weighted by Crippen LogP contribution is -2.69. The Morgan fingerprint density at radius 3 is 0.591 bits per heavy atom. The van der Waals surface area contributed by atoms with E-state index in [1.165, 1.54) is 0 Å². The van der Waals surface area contributed by atoms with Gasteiger partial charge in [-0.2, -0.15) is 88.4 Å². The highest BCUT2D eigenvalue weighted by Crippen LogP contribution is 2.40.